The number of hydrogen-bond donors (Lipinski definition) is 1. The topological polar surface area (TPSA) is 85.5 Å². The summed E-state index contributed by atoms with van der Waals surface area (Å²) in [6, 6.07) is 3.69. The molecule has 0 saturated heterocycles. The van der Waals surface area contributed by atoms with Gasteiger partial charge in [-0.1, -0.05) is 6.07 Å². The Hall–Kier alpha value is -2.41. The molecule has 2 aromatic rings. The van der Waals surface area contributed by atoms with Crippen LogP contribution in [-0.2, 0) is 20.7 Å². The standard InChI is InChI=1S/C18H21NO5S/c1-5-23-18(22)15-10(2)16(19-11(15)3)17(21)12(4)24-14(20)9-13-7-6-8-25-13/h6-8,12,19H,5,9H2,1-4H3/t12-/m1/s1. The Bertz CT molecular complexity index is 776. The molecule has 2 rings (SSSR count). The first-order valence-corrected chi connectivity index (χ1v) is 8.85. The van der Waals surface area contributed by atoms with Crippen LogP contribution in [0, 0.1) is 13.8 Å². The number of carbonyl (C=O) groups is 3. The number of esters is 2. The molecule has 0 aliphatic carbocycles. The Morgan fingerprint density at radius 2 is 2.00 bits per heavy atom. The number of carbonyl (C=O) groups excluding carboxylic acids is 3. The van der Waals surface area contributed by atoms with Crippen molar-refractivity contribution in [3.05, 3.63) is 44.9 Å². The molecule has 0 saturated carbocycles. The van der Waals surface area contributed by atoms with Crippen molar-refractivity contribution in [2.45, 2.75) is 40.2 Å². The molecule has 134 valence electrons. The molecule has 25 heavy (non-hydrogen) atoms. The summed E-state index contributed by atoms with van der Waals surface area (Å²) < 4.78 is 10.2. The van der Waals surface area contributed by atoms with Crippen molar-refractivity contribution in [1.29, 1.82) is 0 Å². The van der Waals surface area contributed by atoms with Gasteiger partial charge in [0.1, 0.15) is 0 Å². The third-order valence-electron chi connectivity index (χ3n) is 3.74. The summed E-state index contributed by atoms with van der Waals surface area (Å²) in [5.74, 6) is -1.32. The average Bonchev–Trinajstić information content (AvgIpc) is 3.14. The van der Waals surface area contributed by atoms with E-state index in [1.165, 1.54) is 18.3 Å². The first-order chi connectivity index (χ1) is 11.8. The maximum atomic E-state index is 12.6. The highest BCUT2D eigenvalue weighted by molar-refractivity contribution is 7.10. The maximum Gasteiger partial charge on any atom is 0.340 e. The Labute approximate surface area is 150 Å². The van der Waals surface area contributed by atoms with Crippen molar-refractivity contribution in [3.63, 3.8) is 0 Å². The van der Waals surface area contributed by atoms with E-state index in [1.807, 2.05) is 17.5 Å². The van der Waals surface area contributed by atoms with E-state index in [-0.39, 0.29) is 24.5 Å². The van der Waals surface area contributed by atoms with Crippen LogP contribution in [0.5, 0.6) is 0 Å². The van der Waals surface area contributed by atoms with Crippen molar-refractivity contribution < 1.29 is 23.9 Å². The molecule has 2 heterocycles. The molecule has 0 aliphatic rings. The normalized spacial score (nSPS) is 11.8. The van der Waals surface area contributed by atoms with E-state index in [2.05, 4.69) is 4.98 Å². The smallest absolute Gasteiger partial charge is 0.340 e. The number of thiophene rings is 1. The first-order valence-electron chi connectivity index (χ1n) is 7.97. The van der Waals surface area contributed by atoms with E-state index in [0.29, 0.717) is 16.8 Å². The Morgan fingerprint density at radius 3 is 2.60 bits per heavy atom. The molecule has 1 atom stereocenters. The minimum Gasteiger partial charge on any atom is -0.462 e. The lowest BCUT2D eigenvalue weighted by Crippen LogP contribution is -2.26. The van der Waals surface area contributed by atoms with E-state index >= 15 is 0 Å². The Balaban J connectivity index is 2.10. The number of aryl methyl sites for hydroxylation is 1. The van der Waals surface area contributed by atoms with Crippen LogP contribution in [0.4, 0.5) is 0 Å². The fraction of sp³-hybridized carbons (Fsp3) is 0.389. The van der Waals surface area contributed by atoms with Crippen molar-refractivity contribution >= 4 is 29.1 Å². The van der Waals surface area contributed by atoms with Crippen molar-refractivity contribution in [1.82, 2.24) is 4.98 Å². The number of ether oxygens (including phenoxy) is 2. The lowest BCUT2D eigenvalue weighted by atomic mass is 10.1. The molecule has 6 nitrogen and oxygen atoms in total. The minimum absolute atomic E-state index is 0.131. The summed E-state index contributed by atoms with van der Waals surface area (Å²) in [5, 5.41) is 1.87. The van der Waals surface area contributed by atoms with Crippen LogP contribution in [0.2, 0.25) is 0 Å². The zero-order chi connectivity index (χ0) is 18.6. The molecular weight excluding hydrogens is 342 g/mol. The SMILES string of the molecule is CCOC(=O)c1c(C)[nH]c(C(=O)[C@@H](C)OC(=O)Cc2cccs2)c1C. The number of nitrogens with one attached hydrogen (secondary N) is 1. The Kier molecular flexibility index (Phi) is 6.14. The number of aromatic amines is 1. The summed E-state index contributed by atoms with van der Waals surface area (Å²) in [5.41, 5.74) is 1.66. The van der Waals surface area contributed by atoms with Gasteiger partial charge in [-0.25, -0.2) is 4.79 Å². The van der Waals surface area contributed by atoms with Crippen LogP contribution >= 0.6 is 11.3 Å². The van der Waals surface area contributed by atoms with Gasteiger partial charge >= 0.3 is 11.9 Å². The third kappa shape index (κ3) is 4.36. The lowest BCUT2D eigenvalue weighted by Gasteiger charge is -2.12. The second-order valence-electron chi connectivity index (χ2n) is 5.60. The molecule has 2 aromatic heterocycles. The second-order valence-corrected chi connectivity index (χ2v) is 6.63. The quantitative estimate of drug-likeness (QED) is 0.603. The molecular formula is C18H21NO5S. The zero-order valence-electron chi connectivity index (χ0n) is 14.7. The molecule has 0 aromatic carbocycles. The van der Waals surface area contributed by atoms with Gasteiger partial charge in [0.05, 0.1) is 24.3 Å². The minimum atomic E-state index is -0.945. The van der Waals surface area contributed by atoms with Gasteiger partial charge in [0.2, 0.25) is 5.78 Å². The van der Waals surface area contributed by atoms with Gasteiger partial charge in [0, 0.05) is 10.6 Å². The molecule has 0 spiro atoms. The van der Waals surface area contributed by atoms with Gasteiger partial charge in [-0.05, 0) is 44.7 Å². The van der Waals surface area contributed by atoms with E-state index in [0.717, 1.165) is 4.88 Å². The highest BCUT2D eigenvalue weighted by atomic mass is 32.1. The number of Topliss-reactive ketones (excluding diaryl/α,β-unsaturated/α-hetero) is 1. The van der Waals surface area contributed by atoms with Gasteiger partial charge < -0.3 is 14.5 Å². The molecule has 0 bridgehead atoms. The summed E-state index contributed by atoms with van der Waals surface area (Å²) in [4.78, 5) is 40.3. The van der Waals surface area contributed by atoms with Crippen LogP contribution in [0.1, 0.15) is 50.8 Å². The summed E-state index contributed by atoms with van der Waals surface area (Å²) in [6.07, 6.45) is -0.814. The van der Waals surface area contributed by atoms with Crippen LogP contribution in [0.25, 0.3) is 0 Å². The van der Waals surface area contributed by atoms with Crippen LogP contribution in [0.3, 0.4) is 0 Å². The molecule has 0 aliphatic heterocycles. The van der Waals surface area contributed by atoms with Gasteiger partial charge in [-0.15, -0.1) is 11.3 Å². The Morgan fingerprint density at radius 1 is 1.28 bits per heavy atom. The molecule has 0 amide bonds. The number of rotatable bonds is 7. The van der Waals surface area contributed by atoms with Crippen molar-refractivity contribution in [3.8, 4) is 0 Å². The third-order valence-corrected chi connectivity index (χ3v) is 4.62. The van der Waals surface area contributed by atoms with Gasteiger partial charge in [0.15, 0.2) is 6.10 Å². The fourth-order valence-corrected chi connectivity index (χ4v) is 3.25. The highest BCUT2D eigenvalue weighted by Crippen LogP contribution is 2.21. The van der Waals surface area contributed by atoms with E-state index in [1.54, 1.807) is 20.8 Å². The maximum absolute atomic E-state index is 12.6. The number of ketones is 1. The summed E-state index contributed by atoms with van der Waals surface area (Å²) in [6.45, 7) is 6.86. The van der Waals surface area contributed by atoms with Crippen LogP contribution in [-0.4, -0.2) is 35.4 Å². The largest absolute Gasteiger partial charge is 0.462 e. The number of aromatic nitrogens is 1. The van der Waals surface area contributed by atoms with Crippen molar-refractivity contribution in [2.75, 3.05) is 6.61 Å². The predicted molar refractivity (Wildman–Crippen MR) is 94.1 cm³/mol. The molecule has 1 N–H and O–H groups in total. The van der Waals surface area contributed by atoms with Gasteiger partial charge in [-0.3, -0.25) is 9.59 Å². The van der Waals surface area contributed by atoms with E-state index in [4.69, 9.17) is 9.47 Å². The molecule has 0 unspecified atom stereocenters. The second kappa shape index (κ2) is 8.11. The fourth-order valence-electron chi connectivity index (χ4n) is 2.56. The van der Waals surface area contributed by atoms with Crippen LogP contribution < -0.4 is 0 Å². The average molecular weight is 363 g/mol. The molecule has 7 heteroatoms. The lowest BCUT2D eigenvalue weighted by molar-refractivity contribution is -0.145. The first kappa shape index (κ1) is 18.9. The van der Waals surface area contributed by atoms with Crippen molar-refractivity contribution in [2.24, 2.45) is 0 Å². The predicted octanol–water partition coefficient (Wildman–Crippen LogP) is 3.23. The molecule has 0 radical (unpaired) electrons. The summed E-state index contributed by atoms with van der Waals surface area (Å²) in [7, 11) is 0. The number of hydrogen-bond acceptors (Lipinski definition) is 6. The summed E-state index contributed by atoms with van der Waals surface area (Å²) >= 11 is 1.46. The zero-order valence-corrected chi connectivity index (χ0v) is 15.5. The molecule has 0 fully saturated rings. The van der Waals surface area contributed by atoms with Gasteiger partial charge in [0.25, 0.3) is 0 Å². The van der Waals surface area contributed by atoms with E-state index < -0.39 is 18.0 Å². The highest BCUT2D eigenvalue weighted by Gasteiger charge is 2.27. The number of H-pyrrole nitrogens is 1. The van der Waals surface area contributed by atoms with Gasteiger partial charge in [-0.2, -0.15) is 0 Å². The monoisotopic (exact) mass is 363 g/mol. The van der Waals surface area contributed by atoms with E-state index in [9.17, 15) is 14.4 Å². The van der Waals surface area contributed by atoms with Crippen LogP contribution in [0.15, 0.2) is 17.5 Å².